The van der Waals surface area contributed by atoms with E-state index in [9.17, 15) is 0 Å². The molecule has 9 heteroatoms. The monoisotopic (exact) mass is 444 g/mol. The maximum Gasteiger partial charge on any atom is 0.211 e. The first-order chi connectivity index (χ1) is 11.9. The second kappa shape index (κ2) is 8.94. The van der Waals surface area contributed by atoms with Crippen LogP contribution in [0.2, 0.25) is 10.0 Å². The van der Waals surface area contributed by atoms with Crippen molar-refractivity contribution in [2.24, 2.45) is 21.7 Å². The molecule has 0 unspecified atom stereocenters. The molecule has 0 bridgehead atoms. The molecule has 0 radical (unpaired) electrons. The smallest absolute Gasteiger partial charge is 0.211 e. The summed E-state index contributed by atoms with van der Waals surface area (Å²) in [5, 5.41) is 8.43. The van der Waals surface area contributed by atoms with Crippen molar-refractivity contribution in [1.29, 1.82) is 0 Å². The van der Waals surface area contributed by atoms with Crippen molar-refractivity contribution in [3.8, 4) is 11.5 Å². The predicted molar refractivity (Wildman–Crippen MR) is 105 cm³/mol. The van der Waals surface area contributed by atoms with Crippen LogP contribution in [0.5, 0.6) is 11.5 Å². The molecule has 25 heavy (non-hydrogen) atoms. The number of halogens is 3. The van der Waals surface area contributed by atoms with Gasteiger partial charge in [-0.2, -0.15) is 5.10 Å². The van der Waals surface area contributed by atoms with Crippen molar-refractivity contribution < 1.29 is 9.47 Å². The number of benzene rings is 2. The summed E-state index contributed by atoms with van der Waals surface area (Å²) in [4.78, 5) is 0. The Kier molecular flexibility index (Phi) is 6.92. The minimum Gasteiger partial charge on any atom is -0.493 e. The molecule has 2 aromatic rings. The van der Waals surface area contributed by atoms with E-state index < -0.39 is 0 Å². The average Bonchev–Trinajstić information content (AvgIpc) is 2.55. The Morgan fingerprint density at radius 1 is 1.20 bits per heavy atom. The van der Waals surface area contributed by atoms with Crippen LogP contribution >= 0.6 is 39.1 Å². The third-order valence-electron chi connectivity index (χ3n) is 3.05. The first kappa shape index (κ1) is 19.4. The number of guanidine groups is 1. The van der Waals surface area contributed by atoms with E-state index in [1.165, 1.54) is 6.21 Å². The molecule has 0 aliphatic carbocycles. The SMILES string of the molecule is COc1cc(C=NN=C(N)N)c(Br)cc1OCc1ccc(Cl)cc1Cl. The molecule has 6 nitrogen and oxygen atoms in total. The van der Waals surface area contributed by atoms with Gasteiger partial charge in [0, 0.05) is 25.6 Å². The van der Waals surface area contributed by atoms with Crippen LogP contribution in [0.15, 0.2) is 45.0 Å². The minimum atomic E-state index is -0.126. The molecule has 0 aliphatic rings. The summed E-state index contributed by atoms with van der Waals surface area (Å²) in [6, 6.07) is 8.73. The van der Waals surface area contributed by atoms with E-state index in [0.717, 1.165) is 15.6 Å². The van der Waals surface area contributed by atoms with Gasteiger partial charge in [-0.1, -0.05) is 29.3 Å². The van der Waals surface area contributed by atoms with Crippen LogP contribution in [0.4, 0.5) is 0 Å². The highest BCUT2D eigenvalue weighted by Gasteiger charge is 2.11. The van der Waals surface area contributed by atoms with E-state index in [1.807, 2.05) is 6.07 Å². The van der Waals surface area contributed by atoms with E-state index in [1.54, 1.807) is 31.4 Å². The molecule has 2 rings (SSSR count). The molecular formula is C16H15BrCl2N4O2. The lowest BCUT2D eigenvalue weighted by Gasteiger charge is -2.13. The highest BCUT2D eigenvalue weighted by atomic mass is 79.9. The van der Waals surface area contributed by atoms with Crippen LogP contribution in [-0.2, 0) is 6.61 Å². The average molecular weight is 446 g/mol. The van der Waals surface area contributed by atoms with Crippen molar-refractivity contribution in [3.05, 3.63) is 56.0 Å². The Morgan fingerprint density at radius 3 is 2.60 bits per heavy atom. The van der Waals surface area contributed by atoms with Crippen molar-refractivity contribution in [2.75, 3.05) is 7.11 Å². The maximum atomic E-state index is 6.15. The largest absolute Gasteiger partial charge is 0.493 e. The van der Waals surface area contributed by atoms with Crippen molar-refractivity contribution in [1.82, 2.24) is 0 Å². The molecule has 0 aromatic heterocycles. The molecule has 2 aromatic carbocycles. The zero-order chi connectivity index (χ0) is 18.4. The quantitative estimate of drug-likeness (QED) is 0.399. The second-order valence-electron chi connectivity index (χ2n) is 4.82. The molecule has 0 saturated carbocycles. The molecule has 0 amide bonds. The molecule has 0 fully saturated rings. The number of rotatable bonds is 6. The lowest BCUT2D eigenvalue weighted by Crippen LogP contribution is -2.21. The van der Waals surface area contributed by atoms with Crippen LogP contribution in [0, 0.1) is 0 Å². The summed E-state index contributed by atoms with van der Waals surface area (Å²) in [6.07, 6.45) is 1.49. The summed E-state index contributed by atoms with van der Waals surface area (Å²) in [5.41, 5.74) is 12.0. The van der Waals surface area contributed by atoms with Crippen LogP contribution in [0.3, 0.4) is 0 Å². The lowest BCUT2D eigenvalue weighted by atomic mass is 10.2. The van der Waals surface area contributed by atoms with E-state index >= 15 is 0 Å². The maximum absolute atomic E-state index is 6.15. The third-order valence-corrected chi connectivity index (χ3v) is 4.32. The van der Waals surface area contributed by atoms with E-state index in [0.29, 0.717) is 21.5 Å². The summed E-state index contributed by atoms with van der Waals surface area (Å²) < 4.78 is 11.9. The van der Waals surface area contributed by atoms with Gasteiger partial charge in [-0.05, 0) is 40.2 Å². The Balaban J connectivity index is 2.22. The van der Waals surface area contributed by atoms with Crippen LogP contribution in [0.25, 0.3) is 0 Å². The van der Waals surface area contributed by atoms with Gasteiger partial charge >= 0.3 is 0 Å². The van der Waals surface area contributed by atoms with Gasteiger partial charge in [0.25, 0.3) is 0 Å². The number of ether oxygens (including phenoxy) is 2. The highest BCUT2D eigenvalue weighted by Crippen LogP contribution is 2.34. The Morgan fingerprint density at radius 2 is 1.96 bits per heavy atom. The van der Waals surface area contributed by atoms with Crippen LogP contribution in [0.1, 0.15) is 11.1 Å². The van der Waals surface area contributed by atoms with Gasteiger partial charge in [-0.25, -0.2) is 0 Å². The molecular weight excluding hydrogens is 431 g/mol. The molecule has 0 aliphatic heterocycles. The van der Waals surface area contributed by atoms with Gasteiger partial charge < -0.3 is 20.9 Å². The Bertz CT molecular complexity index is 824. The molecule has 132 valence electrons. The number of methoxy groups -OCH3 is 1. The summed E-state index contributed by atoms with van der Waals surface area (Å²) in [6.45, 7) is 0.264. The number of hydrogen-bond acceptors (Lipinski definition) is 4. The fourth-order valence-electron chi connectivity index (χ4n) is 1.87. The number of nitrogens with two attached hydrogens (primary N) is 2. The fourth-order valence-corrected chi connectivity index (χ4v) is 2.76. The second-order valence-corrected chi connectivity index (χ2v) is 6.52. The number of nitrogens with zero attached hydrogens (tertiary/aromatic N) is 2. The zero-order valence-electron chi connectivity index (χ0n) is 13.2. The molecule has 0 saturated heterocycles. The van der Waals surface area contributed by atoms with Gasteiger partial charge in [0.05, 0.1) is 13.3 Å². The first-order valence-electron chi connectivity index (χ1n) is 6.97. The molecule has 0 atom stereocenters. The van der Waals surface area contributed by atoms with Crippen LogP contribution < -0.4 is 20.9 Å². The standard InChI is InChI=1S/C16H15BrCl2N4O2/c1-24-14-4-10(7-22-23-16(20)21)12(17)6-15(14)25-8-9-2-3-11(18)5-13(9)19/h2-7H,8H2,1H3,(H4,20,21,23). The van der Waals surface area contributed by atoms with Gasteiger partial charge in [0.1, 0.15) is 6.61 Å². The van der Waals surface area contributed by atoms with E-state index in [4.69, 9.17) is 44.1 Å². The Hall–Kier alpha value is -1.96. The molecule has 0 spiro atoms. The highest BCUT2D eigenvalue weighted by molar-refractivity contribution is 9.10. The predicted octanol–water partition coefficient (Wildman–Crippen LogP) is 3.95. The Labute approximate surface area is 163 Å². The number of hydrogen-bond donors (Lipinski definition) is 2. The van der Waals surface area contributed by atoms with Gasteiger partial charge in [-0.15, -0.1) is 5.10 Å². The van der Waals surface area contributed by atoms with Gasteiger partial charge in [0.15, 0.2) is 11.5 Å². The zero-order valence-corrected chi connectivity index (χ0v) is 16.3. The summed E-state index contributed by atoms with van der Waals surface area (Å²) in [5.74, 6) is 0.943. The van der Waals surface area contributed by atoms with Crippen molar-refractivity contribution in [2.45, 2.75) is 6.61 Å². The first-order valence-corrected chi connectivity index (χ1v) is 8.52. The van der Waals surface area contributed by atoms with Crippen LogP contribution in [-0.4, -0.2) is 19.3 Å². The van der Waals surface area contributed by atoms with Gasteiger partial charge in [0.2, 0.25) is 5.96 Å². The van der Waals surface area contributed by atoms with Gasteiger partial charge in [-0.3, -0.25) is 0 Å². The van der Waals surface area contributed by atoms with E-state index in [-0.39, 0.29) is 12.6 Å². The van der Waals surface area contributed by atoms with Crippen molar-refractivity contribution >= 4 is 51.3 Å². The van der Waals surface area contributed by atoms with Crippen molar-refractivity contribution in [3.63, 3.8) is 0 Å². The summed E-state index contributed by atoms with van der Waals surface area (Å²) in [7, 11) is 1.54. The topological polar surface area (TPSA) is 95.2 Å². The molecule has 0 heterocycles. The molecule has 4 N–H and O–H groups in total. The lowest BCUT2D eigenvalue weighted by molar-refractivity contribution is 0.284. The summed E-state index contributed by atoms with van der Waals surface area (Å²) >= 11 is 15.5. The fraction of sp³-hybridized carbons (Fsp3) is 0.125. The normalized spacial score (nSPS) is 10.7. The minimum absolute atomic E-state index is 0.126. The van der Waals surface area contributed by atoms with E-state index in [2.05, 4.69) is 26.1 Å². The third kappa shape index (κ3) is 5.52.